The lowest BCUT2D eigenvalue weighted by Crippen LogP contribution is -1.95. The maximum Gasteiger partial charge on any atom is 0.137 e. The van der Waals surface area contributed by atoms with Crippen molar-refractivity contribution in [2.75, 3.05) is 0 Å². The van der Waals surface area contributed by atoms with Gasteiger partial charge in [-0.05, 0) is 49.1 Å². The van der Waals surface area contributed by atoms with Gasteiger partial charge in [-0.2, -0.15) is 0 Å². The van der Waals surface area contributed by atoms with Crippen molar-refractivity contribution < 1.29 is 0 Å². The highest BCUT2D eigenvalue weighted by molar-refractivity contribution is 5.92. The van der Waals surface area contributed by atoms with Crippen molar-refractivity contribution in [2.45, 2.75) is 54.0 Å². The Bertz CT molecular complexity index is 961. The molecule has 0 bridgehead atoms. The van der Waals surface area contributed by atoms with Gasteiger partial charge in [0.15, 0.2) is 0 Å². The predicted molar refractivity (Wildman–Crippen MR) is 134 cm³/mol. The molecule has 0 radical (unpaired) electrons. The molecular weight excluding hydrogens is 366 g/mol. The lowest BCUT2D eigenvalue weighted by atomic mass is 10.0. The van der Waals surface area contributed by atoms with E-state index >= 15 is 0 Å². The molecule has 3 heteroatoms. The molecule has 0 aliphatic carbocycles. The van der Waals surface area contributed by atoms with Gasteiger partial charge in [-0.3, -0.25) is 0 Å². The van der Waals surface area contributed by atoms with Crippen LogP contribution in [0.5, 0.6) is 0 Å². The second-order valence-corrected chi connectivity index (χ2v) is 6.65. The molecule has 0 saturated heterocycles. The Morgan fingerprint density at radius 2 is 1.97 bits per heavy atom. The van der Waals surface area contributed by atoms with Gasteiger partial charge < -0.3 is 10.7 Å². The predicted octanol–water partition coefficient (Wildman–Crippen LogP) is 7.67. The second kappa shape index (κ2) is 14.1. The summed E-state index contributed by atoms with van der Waals surface area (Å²) in [7, 11) is 0. The first-order chi connectivity index (χ1) is 14.6. The minimum atomic E-state index is 0.552. The van der Waals surface area contributed by atoms with E-state index in [2.05, 4.69) is 67.7 Å². The zero-order valence-electron chi connectivity index (χ0n) is 19.2. The molecule has 0 amide bonds. The van der Waals surface area contributed by atoms with Gasteiger partial charge in [0, 0.05) is 35.5 Å². The summed E-state index contributed by atoms with van der Waals surface area (Å²) in [6.07, 6.45) is 14.3. The number of hydrogen-bond acceptors (Lipinski definition) is 2. The number of nitrogens with one attached hydrogen (secondary N) is 1. The number of pyridine rings is 1. The van der Waals surface area contributed by atoms with Crippen LogP contribution < -0.4 is 5.73 Å². The van der Waals surface area contributed by atoms with Crippen LogP contribution in [0.15, 0.2) is 73.6 Å². The summed E-state index contributed by atoms with van der Waals surface area (Å²) < 4.78 is 0. The third-order valence-electron chi connectivity index (χ3n) is 4.61. The Balaban J connectivity index is 0.000000428. The Hall–Kier alpha value is -2.91. The first kappa shape index (κ1) is 25.1. The largest absolute Gasteiger partial charge is 0.346 e. The standard InChI is InChI=1S/C18H19N3.C7H12.C2H6/c1-3-12(2)17-11-21-18-16(17)8-15(10-20-18)14-6-4-5-13(7-14)9-19;1-3-5-7-6-4-2;1-2/h3-8,10-11H,9,19H2,1-2H3,(H,20,21);3,5,7H,1,4,6H2,2H3;1-2H3/b12-3+;7-5+;. The number of benzene rings is 1. The van der Waals surface area contributed by atoms with Crippen molar-refractivity contribution in [1.29, 1.82) is 0 Å². The lowest BCUT2D eigenvalue weighted by Gasteiger charge is -2.05. The molecule has 0 spiro atoms. The fourth-order valence-electron chi connectivity index (χ4n) is 2.88. The number of nitrogens with zero attached hydrogens (tertiary/aromatic N) is 1. The maximum absolute atomic E-state index is 5.72. The lowest BCUT2D eigenvalue weighted by molar-refractivity contribution is 0.959. The molecule has 0 atom stereocenters. The minimum Gasteiger partial charge on any atom is -0.346 e. The molecule has 3 rings (SSSR count). The Labute approximate surface area is 182 Å². The summed E-state index contributed by atoms with van der Waals surface area (Å²) >= 11 is 0. The van der Waals surface area contributed by atoms with Crippen LogP contribution in [-0.2, 0) is 6.54 Å². The molecule has 0 saturated carbocycles. The highest BCUT2D eigenvalue weighted by Crippen LogP contribution is 2.28. The zero-order valence-corrected chi connectivity index (χ0v) is 19.2. The van der Waals surface area contributed by atoms with Crippen molar-refractivity contribution >= 4 is 16.6 Å². The summed E-state index contributed by atoms with van der Waals surface area (Å²) in [5, 5.41) is 1.15. The minimum absolute atomic E-state index is 0.552. The molecule has 3 aromatic rings. The van der Waals surface area contributed by atoms with Gasteiger partial charge >= 0.3 is 0 Å². The van der Waals surface area contributed by atoms with Crippen molar-refractivity contribution in [3.63, 3.8) is 0 Å². The van der Waals surface area contributed by atoms with Gasteiger partial charge in [0.25, 0.3) is 0 Å². The number of rotatable bonds is 6. The average Bonchev–Trinajstić information content (AvgIpc) is 3.24. The molecule has 160 valence electrons. The van der Waals surface area contributed by atoms with Gasteiger partial charge in [0.2, 0.25) is 0 Å². The van der Waals surface area contributed by atoms with E-state index in [4.69, 9.17) is 5.73 Å². The van der Waals surface area contributed by atoms with E-state index in [-0.39, 0.29) is 0 Å². The van der Waals surface area contributed by atoms with Crippen LogP contribution in [0.4, 0.5) is 0 Å². The number of aromatic nitrogens is 2. The van der Waals surface area contributed by atoms with Gasteiger partial charge in [0.05, 0.1) is 0 Å². The first-order valence-electron chi connectivity index (χ1n) is 10.8. The smallest absolute Gasteiger partial charge is 0.137 e. The van der Waals surface area contributed by atoms with Crippen LogP contribution in [0.2, 0.25) is 0 Å². The number of H-pyrrole nitrogens is 1. The van der Waals surface area contributed by atoms with E-state index in [9.17, 15) is 0 Å². The van der Waals surface area contributed by atoms with E-state index in [0.717, 1.165) is 27.7 Å². The van der Waals surface area contributed by atoms with Crippen molar-refractivity contribution in [3.05, 3.63) is 84.7 Å². The van der Waals surface area contributed by atoms with E-state index in [1.54, 1.807) is 6.08 Å². The summed E-state index contributed by atoms with van der Waals surface area (Å²) in [5.41, 5.74) is 12.5. The monoisotopic (exact) mass is 403 g/mol. The van der Waals surface area contributed by atoms with E-state index in [0.29, 0.717) is 6.54 Å². The molecular formula is C27H37N3. The quantitative estimate of drug-likeness (QED) is 0.415. The zero-order chi connectivity index (χ0) is 22.4. The van der Waals surface area contributed by atoms with Gasteiger partial charge in [-0.15, -0.1) is 0 Å². The second-order valence-electron chi connectivity index (χ2n) is 6.65. The number of aromatic amines is 1. The van der Waals surface area contributed by atoms with Gasteiger partial charge in [0.1, 0.15) is 5.65 Å². The maximum atomic E-state index is 5.72. The molecule has 0 aliphatic rings. The Morgan fingerprint density at radius 3 is 2.60 bits per heavy atom. The van der Waals surface area contributed by atoms with Crippen LogP contribution in [0.1, 0.15) is 58.6 Å². The van der Waals surface area contributed by atoms with Crippen molar-refractivity contribution in [3.8, 4) is 11.1 Å². The fourth-order valence-corrected chi connectivity index (χ4v) is 2.88. The van der Waals surface area contributed by atoms with E-state index < -0.39 is 0 Å². The van der Waals surface area contributed by atoms with Crippen molar-refractivity contribution in [1.82, 2.24) is 9.97 Å². The topological polar surface area (TPSA) is 54.7 Å². The summed E-state index contributed by atoms with van der Waals surface area (Å²) in [6.45, 7) is 14.4. The van der Waals surface area contributed by atoms with Crippen LogP contribution in [0.25, 0.3) is 27.7 Å². The molecule has 3 nitrogen and oxygen atoms in total. The number of fused-ring (bicyclic) bond motifs is 1. The summed E-state index contributed by atoms with van der Waals surface area (Å²) in [4.78, 5) is 7.77. The molecule has 3 N–H and O–H groups in total. The summed E-state index contributed by atoms with van der Waals surface area (Å²) in [5.74, 6) is 0. The Morgan fingerprint density at radius 1 is 1.20 bits per heavy atom. The third kappa shape index (κ3) is 7.16. The molecule has 2 aromatic heterocycles. The van der Waals surface area contributed by atoms with Crippen LogP contribution in [0, 0.1) is 0 Å². The summed E-state index contributed by atoms with van der Waals surface area (Å²) in [6, 6.07) is 10.5. The molecule has 1 aromatic carbocycles. The number of nitrogens with two attached hydrogens (primary N) is 1. The van der Waals surface area contributed by atoms with Crippen LogP contribution in [-0.4, -0.2) is 9.97 Å². The molecule has 30 heavy (non-hydrogen) atoms. The SMILES string of the molecule is C/C=C(\C)c1c[nH]c2ncc(-c3cccc(CN)c3)cc12.C=C/C=C/CCC.CC. The molecule has 0 aliphatic heterocycles. The number of unbranched alkanes of at least 4 members (excludes halogenated alkanes) is 1. The molecule has 2 heterocycles. The number of hydrogen-bond donors (Lipinski definition) is 2. The van der Waals surface area contributed by atoms with Crippen LogP contribution in [0.3, 0.4) is 0 Å². The highest BCUT2D eigenvalue weighted by atomic mass is 14.8. The third-order valence-corrected chi connectivity index (χ3v) is 4.61. The van der Waals surface area contributed by atoms with Gasteiger partial charge in [-0.25, -0.2) is 4.98 Å². The molecule has 0 fully saturated rings. The Kier molecular flexibility index (Phi) is 11.8. The van der Waals surface area contributed by atoms with E-state index in [1.807, 2.05) is 44.4 Å². The van der Waals surface area contributed by atoms with Gasteiger partial charge in [-0.1, -0.05) is 76.3 Å². The first-order valence-corrected chi connectivity index (χ1v) is 10.8. The fraction of sp³-hybridized carbons (Fsp3) is 0.296. The van der Waals surface area contributed by atoms with E-state index in [1.165, 1.54) is 24.0 Å². The van der Waals surface area contributed by atoms with Crippen molar-refractivity contribution in [2.24, 2.45) is 5.73 Å². The normalized spacial score (nSPS) is 10.9. The number of allylic oxidation sites excluding steroid dienone is 5. The average molecular weight is 404 g/mol. The van der Waals surface area contributed by atoms with Crippen LogP contribution >= 0.6 is 0 Å². The molecule has 0 unspecified atom stereocenters. The highest BCUT2D eigenvalue weighted by Gasteiger charge is 2.08.